The number of nitrogens with two attached hydrogens (primary N) is 1. The van der Waals surface area contributed by atoms with Gasteiger partial charge in [0, 0.05) is 38.3 Å². The van der Waals surface area contributed by atoms with Crippen LogP contribution in [0.3, 0.4) is 0 Å². The summed E-state index contributed by atoms with van der Waals surface area (Å²) in [5, 5.41) is 0. The Morgan fingerprint density at radius 2 is 2.16 bits per heavy atom. The molecule has 0 spiro atoms. The zero-order valence-corrected chi connectivity index (χ0v) is 12.7. The van der Waals surface area contributed by atoms with Crippen molar-refractivity contribution < 1.29 is 4.74 Å². The number of hydrogen-bond acceptors (Lipinski definition) is 4. The van der Waals surface area contributed by atoms with E-state index in [9.17, 15) is 0 Å². The van der Waals surface area contributed by atoms with Gasteiger partial charge in [-0.1, -0.05) is 0 Å². The SMILES string of the molecule is CN1CCN(C)C(CC(N)CCCC2CCCO2)C1. The first-order valence-electron chi connectivity index (χ1n) is 7.91. The molecule has 0 radical (unpaired) electrons. The molecule has 2 N–H and O–H groups in total. The molecule has 3 atom stereocenters. The van der Waals surface area contributed by atoms with Gasteiger partial charge in [-0.05, 0) is 52.6 Å². The maximum absolute atomic E-state index is 6.31. The fraction of sp³-hybridized carbons (Fsp3) is 1.00. The Morgan fingerprint density at radius 1 is 1.32 bits per heavy atom. The third-order valence-electron chi connectivity index (χ3n) is 4.68. The monoisotopic (exact) mass is 269 g/mol. The molecule has 0 aromatic heterocycles. The summed E-state index contributed by atoms with van der Waals surface area (Å²) in [5.74, 6) is 0. The van der Waals surface area contributed by atoms with Crippen molar-refractivity contribution in [3.63, 3.8) is 0 Å². The van der Waals surface area contributed by atoms with Crippen molar-refractivity contribution in [2.45, 2.75) is 56.7 Å². The molecule has 0 saturated carbocycles. The lowest BCUT2D eigenvalue weighted by molar-refractivity contribution is 0.0959. The number of hydrogen-bond donors (Lipinski definition) is 1. The lowest BCUT2D eigenvalue weighted by Gasteiger charge is -2.38. The van der Waals surface area contributed by atoms with Crippen molar-refractivity contribution in [2.24, 2.45) is 5.73 Å². The fourth-order valence-electron chi connectivity index (χ4n) is 3.30. The summed E-state index contributed by atoms with van der Waals surface area (Å²) in [6.45, 7) is 4.48. The standard InChI is InChI=1S/C15H31N3O/c1-17-8-9-18(2)14(12-17)11-13(16)5-3-6-15-7-4-10-19-15/h13-15H,3-12,16H2,1-2H3. The van der Waals surface area contributed by atoms with Crippen LogP contribution in [-0.4, -0.2) is 68.3 Å². The molecular weight excluding hydrogens is 238 g/mol. The number of rotatable bonds is 6. The second-order valence-electron chi connectivity index (χ2n) is 6.46. The van der Waals surface area contributed by atoms with Gasteiger partial charge in [0.2, 0.25) is 0 Å². The van der Waals surface area contributed by atoms with Gasteiger partial charge < -0.3 is 20.3 Å². The molecule has 0 bridgehead atoms. The van der Waals surface area contributed by atoms with Crippen LogP contribution in [0.25, 0.3) is 0 Å². The summed E-state index contributed by atoms with van der Waals surface area (Å²) < 4.78 is 5.66. The van der Waals surface area contributed by atoms with Gasteiger partial charge >= 0.3 is 0 Å². The van der Waals surface area contributed by atoms with Crippen LogP contribution in [0.5, 0.6) is 0 Å². The van der Waals surface area contributed by atoms with Gasteiger partial charge in [0.05, 0.1) is 6.10 Å². The smallest absolute Gasteiger partial charge is 0.0576 e. The molecule has 2 saturated heterocycles. The average molecular weight is 269 g/mol. The van der Waals surface area contributed by atoms with Crippen molar-refractivity contribution in [3.8, 4) is 0 Å². The van der Waals surface area contributed by atoms with Crippen molar-refractivity contribution in [2.75, 3.05) is 40.3 Å². The molecule has 4 nitrogen and oxygen atoms in total. The second-order valence-corrected chi connectivity index (χ2v) is 6.46. The van der Waals surface area contributed by atoms with E-state index in [2.05, 4.69) is 23.9 Å². The first-order valence-corrected chi connectivity index (χ1v) is 7.91. The highest BCUT2D eigenvalue weighted by Crippen LogP contribution is 2.19. The van der Waals surface area contributed by atoms with E-state index in [0.29, 0.717) is 18.2 Å². The summed E-state index contributed by atoms with van der Waals surface area (Å²) in [6.07, 6.45) is 7.73. The van der Waals surface area contributed by atoms with E-state index >= 15 is 0 Å². The summed E-state index contributed by atoms with van der Waals surface area (Å²) in [7, 11) is 4.44. The van der Waals surface area contributed by atoms with Gasteiger partial charge in [0.15, 0.2) is 0 Å². The van der Waals surface area contributed by atoms with Crippen molar-refractivity contribution >= 4 is 0 Å². The van der Waals surface area contributed by atoms with Crippen LogP contribution in [0, 0.1) is 0 Å². The Morgan fingerprint density at radius 3 is 2.89 bits per heavy atom. The lowest BCUT2D eigenvalue weighted by Crippen LogP contribution is -2.51. The van der Waals surface area contributed by atoms with Gasteiger partial charge in [-0.3, -0.25) is 0 Å². The van der Waals surface area contributed by atoms with Gasteiger partial charge in [0.25, 0.3) is 0 Å². The zero-order chi connectivity index (χ0) is 13.7. The Labute approximate surface area is 118 Å². The molecule has 0 aliphatic carbocycles. The minimum Gasteiger partial charge on any atom is -0.378 e. The Balaban J connectivity index is 1.61. The Kier molecular flexibility index (Phi) is 6.07. The van der Waals surface area contributed by atoms with Crippen molar-refractivity contribution in [1.29, 1.82) is 0 Å². The molecule has 2 fully saturated rings. The highest BCUT2D eigenvalue weighted by molar-refractivity contribution is 4.82. The minimum absolute atomic E-state index is 0.348. The Hall–Kier alpha value is -0.160. The molecule has 0 aromatic rings. The number of likely N-dealkylation sites (N-methyl/N-ethyl adjacent to an activating group) is 2. The van der Waals surface area contributed by atoms with Crippen LogP contribution < -0.4 is 5.73 Å². The number of nitrogens with zero attached hydrogens (tertiary/aromatic N) is 2. The van der Waals surface area contributed by atoms with Gasteiger partial charge in [0.1, 0.15) is 0 Å². The Bertz CT molecular complexity index is 256. The van der Waals surface area contributed by atoms with Crippen molar-refractivity contribution in [3.05, 3.63) is 0 Å². The van der Waals surface area contributed by atoms with E-state index in [1.54, 1.807) is 0 Å². The summed E-state index contributed by atoms with van der Waals surface area (Å²) in [4.78, 5) is 4.89. The molecule has 2 aliphatic rings. The molecule has 19 heavy (non-hydrogen) atoms. The van der Waals surface area contributed by atoms with Crippen LogP contribution in [0.15, 0.2) is 0 Å². The molecule has 4 heteroatoms. The van der Waals surface area contributed by atoms with Crippen LogP contribution in [0.4, 0.5) is 0 Å². The fourth-order valence-corrected chi connectivity index (χ4v) is 3.30. The normalized spacial score (nSPS) is 31.7. The van der Waals surface area contributed by atoms with E-state index in [1.807, 2.05) is 0 Å². The minimum atomic E-state index is 0.348. The third kappa shape index (κ3) is 5.03. The first kappa shape index (κ1) is 15.2. The van der Waals surface area contributed by atoms with Crippen LogP contribution in [-0.2, 0) is 4.74 Å². The van der Waals surface area contributed by atoms with Crippen molar-refractivity contribution in [1.82, 2.24) is 9.80 Å². The van der Waals surface area contributed by atoms with Gasteiger partial charge in [-0.15, -0.1) is 0 Å². The number of ether oxygens (including phenoxy) is 1. The largest absolute Gasteiger partial charge is 0.378 e. The van der Waals surface area contributed by atoms with E-state index < -0.39 is 0 Å². The summed E-state index contributed by atoms with van der Waals surface area (Å²) >= 11 is 0. The van der Waals surface area contributed by atoms with E-state index in [0.717, 1.165) is 26.0 Å². The topological polar surface area (TPSA) is 41.7 Å². The van der Waals surface area contributed by atoms with Crippen LogP contribution >= 0.6 is 0 Å². The summed E-state index contributed by atoms with van der Waals surface area (Å²) in [5.41, 5.74) is 6.31. The number of piperazine rings is 1. The maximum atomic E-state index is 6.31. The van der Waals surface area contributed by atoms with E-state index in [1.165, 1.54) is 38.8 Å². The third-order valence-corrected chi connectivity index (χ3v) is 4.68. The molecule has 0 aromatic carbocycles. The lowest BCUT2D eigenvalue weighted by atomic mass is 9.98. The highest BCUT2D eigenvalue weighted by atomic mass is 16.5. The molecule has 112 valence electrons. The molecule has 2 heterocycles. The van der Waals surface area contributed by atoms with Crippen LogP contribution in [0.2, 0.25) is 0 Å². The maximum Gasteiger partial charge on any atom is 0.0576 e. The molecule has 3 unspecified atom stereocenters. The van der Waals surface area contributed by atoms with E-state index in [4.69, 9.17) is 10.5 Å². The molecule has 2 rings (SSSR count). The second kappa shape index (κ2) is 7.58. The quantitative estimate of drug-likeness (QED) is 0.789. The predicted octanol–water partition coefficient (Wildman–Crippen LogP) is 1.30. The average Bonchev–Trinajstić information content (AvgIpc) is 2.87. The molecule has 2 aliphatic heterocycles. The van der Waals surface area contributed by atoms with Gasteiger partial charge in [-0.25, -0.2) is 0 Å². The first-order chi connectivity index (χ1) is 9.15. The summed E-state index contributed by atoms with van der Waals surface area (Å²) in [6, 6.07) is 0.983. The molecule has 0 amide bonds. The zero-order valence-electron chi connectivity index (χ0n) is 12.7. The van der Waals surface area contributed by atoms with Crippen LogP contribution in [0.1, 0.15) is 38.5 Å². The predicted molar refractivity (Wildman–Crippen MR) is 79.3 cm³/mol. The van der Waals surface area contributed by atoms with Gasteiger partial charge in [-0.2, -0.15) is 0 Å². The van der Waals surface area contributed by atoms with E-state index in [-0.39, 0.29) is 0 Å². The molecular formula is C15H31N3O. The highest BCUT2D eigenvalue weighted by Gasteiger charge is 2.24.